The highest BCUT2D eigenvalue weighted by molar-refractivity contribution is 5.81. The second-order valence-corrected chi connectivity index (χ2v) is 5.78. The first kappa shape index (κ1) is 17.6. The quantitative estimate of drug-likeness (QED) is 0.508. The third kappa shape index (κ3) is 4.22. The molecule has 2 nitrogen and oxygen atoms in total. The van der Waals surface area contributed by atoms with Crippen molar-refractivity contribution in [2.75, 3.05) is 14.2 Å². The Hall–Kier alpha value is -3.26. The number of hydrogen-bond donors (Lipinski definition) is 0. The normalized spacial score (nSPS) is 11.2. The van der Waals surface area contributed by atoms with Crippen LogP contribution in [0.4, 0.5) is 0 Å². The monoisotopic (exact) mass is 342 g/mol. The Kier molecular flexibility index (Phi) is 5.89. The summed E-state index contributed by atoms with van der Waals surface area (Å²) in [6, 6.07) is 24.3. The van der Waals surface area contributed by atoms with E-state index in [1.165, 1.54) is 0 Å². The molecule has 130 valence electrons. The molecule has 3 aromatic rings. The van der Waals surface area contributed by atoms with Crippen molar-refractivity contribution in [1.29, 1.82) is 0 Å². The first-order valence-electron chi connectivity index (χ1n) is 8.53. The average molecular weight is 342 g/mol. The third-order valence-electron chi connectivity index (χ3n) is 4.16. The minimum Gasteiger partial charge on any atom is -0.496 e. The fraction of sp³-hybridized carbons (Fsp3) is 0.0833. The highest BCUT2D eigenvalue weighted by Crippen LogP contribution is 2.23. The molecule has 3 aromatic carbocycles. The van der Waals surface area contributed by atoms with Crippen LogP contribution in [0.5, 0.6) is 11.5 Å². The average Bonchev–Trinajstić information content (AvgIpc) is 2.71. The SMILES string of the molecule is COc1ccccc1/C=C/c1ccccc1/C=C/c1ccccc1OC. The van der Waals surface area contributed by atoms with Gasteiger partial charge in [-0.2, -0.15) is 0 Å². The van der Waals surface area contributed by atoms with E-state index in [0.29, 0.717) is 0 Å². The Labute approximate surface area is 155 Å². The van der Waals surface area contributed by atoms with E-state index in [1.807, 2.05) is 60.7 Å². The smallest absolute Gasteiger partial charge is 0.126 e. The third-order valence-corrected chi connectivity index (χ3v) is 4.16. The van der Waals surface area contributed by atoms with Crippen LogP contribution >= 0.6 is 0 Å². The molecule has 0 saturated carbocycles. The summed E-state index contributed by atoms with van der Waals surface area (Å²) in [4.78, 5) is 0. The van der Waals surface area contributed by atoms with Crippen molar-refractivity contribution in [2.24, 2.45) is 0 Å². The van der Waals surface area contributed by atoms with Gasteiger partial charge in [-0.05, 0) is 23.3 Å². The molecule has 0 bridgehead atoms. The van der Waals surface area contributed by atoms with Crippen LogP contribution in [-0.2, 0) is 0 Å². The Morgan fingerprint density at radius 2 is 0.769 bits per heavy atom. The summed E-state index contributed by atoms with van der Waals surface area (Å²) in [7, 11) is 3.38. The van der Waals surface area contributed by atoms with Gasteiger partial charge in [0.1, 0.15) is 11.5 Å². The van der Waals surface area contributed by atoms with Crippen molar-refractivity contribution in [3.63, 3.8) is 0 Å². The summed E-state index contributed by atoms with van der Waals surface area (Å²) in [6.07, 6.45) is 8.38. The molecule has 26 heavy (non-hydrogen) atoms. The molecular formula is C24H22O2. The highest BCUT2D eigenvalue weighted by atomic mass is 16.5. The summed E-state index contributed by atoms with van der Waals surface area (Å²) < 4.78 is 10.8. The fourth-order valence-corrected chi connectivity index (χ4v) is 2.78. The van der Waals surface area contributed by atoms with Gasteiger partial charge in [-0.1, -0.05) is 85.0 Å². The van der Waals surface area contributed by atoms with E-state index in [9.17, 15) is 0 Å². The van der Waals surface area contributed by atoms with Gasteiger partial charge in [-0.25, -0.2) is 0 Å². The van der Waals surface area contributed by atoms with Gasteiger partial charge in [0.15, 0.2) is 0 Å². The first-order chi connectivity index (χ1) is 12.8. The van der Waals surface area contributed by atoms with E-state index in [2.05, 4.69) is 36.4 Å². The molecule has 0 aliphatic carbocycles. The molecule has 0 amide bonds. The van der Waals surface area contributed by atoms with Gasteiger partial charge in [0.05, 0.1) is 14.2 Å². The number of ether oxygens (including phenoxy) is 2. The molecule has 0 atom stereocenters. The van der Waals surface area contributed by atoms with E-state index < -0.39 is 0 Å². The first-order valence-corrected chi connectivity index (χ1v) is 8.53. The molecule has 0 aliphatic rings. The summed E-state index contributed by atoms with van der Waals surface area (Å²) in [5, 5.41) is 0. The molecule has 0 radical (unpaired) electrons. The van der Waals surface area contributed by atoms with Crippen molar-refractivity contribution >= 4 is 24.3 Å². The predicted octanol–water partition coefficient (Wildman–Crippen LogP) is 6.04. The van der Waals surface area contributed by atoms with Crippen molar-refractivity contribution < 1.29 is 9.47 Å². The van der Waals surface area contributed by atoms with Crippen LogP contribution in [-0.4, -0.2) is 14.2 Å². The largest absolute Gasteiger partial charge is 0.496 e. The van der Waals surface area contributed by atoms with Crippen molar-refractivity contribution in [1.82, 2.24) is 0 Å². The number of rotatable bonds is 6. The zero-order valence-corrected chi connectivity index (χ0v) is 15.1. The second-order valence-electron chi connectivity index (χ2n) is 5.78. The van der Waals surface area contributed by atoms with E-state index in [0.717, 1.165) is 33.8 Å². The van der Waals surface area contributed by atoms with Crippen LogP contribution < -0.4 is 9.47 Å². The molecular weight excluding hydrogens is 320 g/mol. The van der Waals surface area contributed by atoms with Gasteiger partial charge < -0.3 is 9.47 Å². The van der Waals surface area contributed by atoms with Crippen LogP contribution in [0.3, 0.4) is 0 Å². The molecule has 0 heterocycles. The summed E-state index contributed by atoms with van der Waals surface area (Å²) in [5.41, 5.74) is 4.39. The number of methoxy groups -OCH3 is 2. The van der Waals surface area contributed by atoms with Crippen molar-refractivity contribution in [3.05, 3.63) is 95.1 Å². The Balaban J connectivity index is 1.89. The summed E-state index contributed by atoms with van der Waals surface area (Å²) in [6.45, 7) is 0. The van der Waals surface area contributed by atoms with Crippen LogP contribution in [0.1, 0.15) is 22.3 Å². The molecule has 0 saturated heterocycles. The predicted molar refractivity (Wildman–Crippen MR) is 110 cm³/mol. The lowest BCUT2D eigenvalue weighted by Gasteiger charge is -2.05. The molecule has 0 N–H and O–H groups in total. The standard InChI is InChI=1S/C24H22O2/c1-25-23-13-7-5-11-21(23)17-15-19-9-3-4-10-20(19)16-18-22-12-6-8-14-24(22)26-2/h3-18H,1-2H3/b17-15+,18-16+. The lowest BCUT2D eigenvalue weighted by atomic mass is 10.0. The molecule has 0 fully saturated rings. The van der Waals surface area contributed by atoms with E-state index >= 15 is 0 Å². The maximum atomic E-state index is 5.42. The molecule has 0 aromatic heterocycles. The van der Waals surface area contributed by atoms with Crippen LogP contribution in [0.25, 0.3) is 24.3 Å². The fourth-order valence-electron chi connectivity index (χ4n) is 2.78. The van der Waals surface area contributed by atoms with Crippen LogP contribution in [0.2, 0.25) is 0 Å². The molecule has 2 heteroatoms. The Morgan fingerprint density at radius 3 is 1.15 bits per heavy atom. The number of para-hydroxylation sites is 2. The molecule has 0 aliphatic heterocycles. The second kappa shape index (κ2) is 8.72. The van der Waals surface area contributed by atoms with E-state index in [-0.39, 0.29) is 0 Å². The lowest BCUT2D eigenvalue weighted by molar-refractivity contribution is 0.414. The lowest BCUT2D eigenvalue weighted by Crippen LogP contribution is -1.86. The van der Waals surface area contributed by atoms with E-state index in [1.54, 1.807) is 14.2 Å². The summed E-state index contributed by atoms with van der Waals surface area (Å²) in [5.74, 6) is 1.73. The Bertz CT molecular complexity index is 846. The summed E-state index contributed by atoms with van der Waals surface area (Å²) >= 11 is 0. The topological polar surface area (TPSA) is 18.5 Å². The Morgan fingerprint density at radius 1 is 0.462 bits per heavy atom. The molecule has 0 spiro atoms. The van der Waals surface area contributed by atoms with Gasteiger partial charge in [-0.15, -0.1) is 0 Å². The zero-order chi connectivity index (χ0) is 18.2. The minimum atomic E-state index is 0.866. The van der Waals surface area contributed by atoms with Crippen molar-refractivity contribution in [3.8, 4) is 11.5 Å². The molecule has 3 rings (SSSR count). The molecule has 0 unspecified atom stereocenters. The number of hydrogen-bond acceptors (Lipinski definition) is 2. The van der Waals surface area contributed by atoms with Crippen LogP contribution in [0, 0.1) is 0 Å². The number of benzene rings is 3. The maximum absolute atomic E-state index is 5.42. The maximum Gasteiger partial charge on any atom is 0.126 e. The minimum absolute atomic E-state index is 0.866. The zero-order valence-electron chi connectivity index (χ0n) is 15.1. The van der Waals surface area contributed by atoms with Gasteiger partial charge in [-0.3, -0.25) is 0 Å². The van der Waals surface area contributed by atoms with Crippen LogP contribution in [0.15, 0.2) is 72.8 Å². The van der Waals surface area contributed by atoms with Crippen molar-refractivity contribution in [2.45, 2.75) is 0 Å². The van der Waals surface area contributed by atoms with Gasteiger partial charge in [0, 0.05) is 11.1 Å². The highest BCUT2D eigenvalue weighted by Gasteiger charge is 2.00. The van der Waals surface area contributed by atoms with Gasteiger partial charge >= 0.3 is 0 Å². The van der Waals surface area contributed by atoms with Gasteiger partial charge in [0.25, 0.3) is 0 Å². The van der Waals surface area contributed by atoms with E-state index in [4.69, 9.17) is 9.47 Å². The van der Waals surface area contributed by atoms with Gasteiger partial charge in [0.2, 0.25) is 0 Å².